The van der Waals surface area contributed by atoms with Crippen molar-refractivity contribution in [1.29, 1.82) is 0 Å². The fourth-order valence-electron chi connectivity index (χ4n) is 2.84. The number of aliphatic hydroxyl groups is 2. The minimum absolute atomic E-state index is 0.000354. The van der Waals surface area contributed by atoms with Gasteiger partial charge in [-0.15, -0.1) is 0 Å². The first kappa shape index (κ1) is 16.4. The van der Waals surface area contributed by atoms with Crippen LogP contribution < -0.4 is 4.74 Å². The first-order chi connectivity index (χ1) is 11.6. The molecule has 0 aliphatic heterocycles. The molecule has 1 aromatic heterocycles. The summed E-state index contributed by atoms with van der Waals surface area (Å²) < 4.78 is 5.39. The molecule has 2 aromatic carbocycles. The first-order valence-electron chi connectivity index (χ1n) is 7.99. The molecule has 3 rings (SSSR count). The van der Waals surface area contributed by atoms with Crippen LogP contribution in [0.25, 0.3) is 22.2 Å². The lowest BCUT2D eigenvalue weighted by molar-refractivity contribution is 0.201. The molecule has 0 saturated heterocycles. The Morgan fingerprint density at radius 3 is 2.42 bits per heavy atom. The van der Waals surface area contributed by atoms with Crippen LogP contribution in [-0.4, -0.2) is 28.4 Å². The van der Waals surface area contributed by atoms with E-state index < -0.39 is 0 Å². The normalized spacial score (nSPS) is 11.0. The summed E-state index contributed by atoms with van der Waals surface area (Å²) in [4.78, 5) is 4.81. The van der Waals surface area contributed by atoms with Gasteiger partial charge in [-0.25, -0.2) is 4.98 Å². The van der Waals surface area contributed by atoms with E-state index in [9.17, 15) is 5.11 Å². The fraction of sp³-hybridized carbons (Fsp3) is 0.250. The highest BCUT2D eigenvalue weighted by atomic mass is 16.5. The van der Waals surface area contributed by atoms with Crippen LogP contribution in [0.15, 0.2) is 42.5 Å². The molecule has 0 atom stereocenters. The molecule has 0 aliphatic rings. The second-order valence-corrected chi connectivity index (χ2v) is 5.82. The molecule has 0 bridgehead atoms. The van der Waals surface area contributed by atoms with E-state index in [0.29, 0.717) is 0 Å². The maximum absolute atomic E-state index is 9.48. The van der Waals surface area contributed by atoms with E-state index in [0.717, 1.165) is 44.6 Å². The number of nitrogens with zero attached hydrogens (tertiary/aromatic N) is 1. The summed E-state index contributed by atoms with van der Waals surface area (Å²) in [5, 5.41) is 19.4. The Hall–Kier alpha value is -2.43. The van der Waals surface area contributed by atoms with E-state index >= 15 is 0 Å². The summed E-state index contributed by atoms with van der Waals surface area (Å²) >= 11 is 0. The average molecular weight is 323 g/mol. The van der Waals surface area contributed by atoms with Gasteiger partial charge >= 0.3 is 0 Å². The predicted octanol–water partition coefficient (Wildman–Crippen LogP) is 3.38. The number of aliphatic hydroxyl groups excluding tert-OH is 2. The Bertz CT molecular complexity index is 857. The number of hydrogen-bond donors (Lipinski definition) is 2. The van der Waals surface area contributed by atoms with Crippen molar-refractivity contribution in [3.8, 4) is 17.0 Å². The lowest BCUT2D eigenvalue weighted by Gasteiger charge is -2.12. The molecule has 0 radical (unpaired) electrons. The van der Waals surface area contributed by atoms with Crippen molar-refractivity contribution >= 4 is 10.9 Å². The zero-order chi connectivity index (χ0) is 17.1. The van der Waals surface area contributed by atoms with Crippen LogP contribution in [-0.2, 0) is 6.61 Å². The topological polar surface area (TPSA) is 62.6 Å². The quantitative estimate of drug-likeness (QED) is 0.755. The summed E-state index contributed by atoms with van der Waals surface area (Å²) in [5.41, 5.74) is 5.90. The number of pyridine rings is 1. The maximum Gasteiger partial charge on any atom is 0.119 e. The van der Waals surface area contributed by atoms with Crippen molar-refractivity contribution in [2.45, 2.75) is 20.5 Å². The number of aryl methyl sites for hydroxylation is 2. The van der Waals surface area contributed by atoms with Gasteiger partial charge in [0.05, 0.1) is 24.4 Å². The first-order valence-corrected chi connectivity index (χ1v) is 7.99. The number of rotatable bonds is 5. The Labute approximate surface area is 141 Å². The van der Waals surface area contributed by atoms with Gasteiger partial charge < -0.3 is 14.9 Å². The van der Waals surface area contributed by atoms with E-state index in [-0.39, 0.29) is 19.8 Å². The molecule has 3 aromatic rings. The van der Waals surface area contributed by atoms with Gasteiger partial charge in [0.15, 0.2) is 0 Å². The number of hydrogen-bond acceptors (Lipinski definition) is 4. The molecule has 4 heteroatoms. The monoisotopic (exact) mass is 323 g/mol. The summed E-state index contributed by atoms with van der Waals surface area (Å²) in [7, 11) is 0. The minimum Gasteiger partial charge on any atom is -0.491 e. The minimum atomic E-state index is -0.000354. The van der Waals surface area contributed by atoms with Crippen molar-refractivity contribution in [2.75, 3.05) is 13.2 Å². The molecule has 4 nitrogen and oxygen atoms in total. The lowest BCUT2D eigenvalue weighted by Crippen LogP contribution is -2.01. The molecule has 0 aliphatic carbocycles. The van der Waals surface area contributed by atoms with Crippen LogP contribution >= 0.6 is 0 Å². The molecule has 2 N–H and O–H groups in total. The van der Waals surface area contributed by atoms with Crippen molar-refractivity contribution in [1.82, 2.24) is 4.98 Å². The number of aromatic nitrogens is 1. The second kappa shape index (κ2) is 6.99. The molecular formula is C20H21NO3. The number of fused-ring (bicyclic) bond motifs is 1. The summed E-state index contributed by atoms with van der Waals surface area (Å²) in [6.07, 6.45) is 0. The van der Waals surface area contributed by atoms with Crippen LogP contribution in [0.3, 0.4) is 0 Å². The van der Waals surface area contributed by atoms with Gasteiger partial charge in [-0.2, -0.15) is 0 Å². The van der Waals surface area contributed by atoms with Gasteiger partial charge in [0.1, 0.15) is 12.4 Å². The van der Waals surface area contributed by atoms with E-state index in [2.05, 4.69) is 13.0 Å². The Morgan fingerprint density at radius 2 is 1.75 bits per heavy atom. The highest BCUT2D eigenvalue weighted by molar-refractivity contribution is 5.88. The largest absolute Gasteiger partial charge is 0.491 e. The van der Waals surface area contributed by atoms with Crippen LogP contribution in [0, 0.1) is 13.8 Å². The zero-order valence-electron chi connectivity index (χ0n) is 13.9. The number of ether oxygens (including phenoxy) is 1. The molecule has 0 saturated carbocycles. The molecule has 0 spiro atoms. The second-order valence-electron chi connectivity index (χ2n) is 5.82. The molecule has 24 heavy (non-hydrogen) atoms. The van der Waals surface area contributed by atoms with Gasteiger partial charge in [-0.3, -0.25) is 0 Å². The Balaban J connectivity index is 2.04. The Morgan fingerprint density at radius 1 is 1.00 bits per heavy atom. The third-order valence-electron chi connectivity index (χ3n) is 4.23. The SMILES string of the molecule is Cc1cc(-c2ccc(OCCO)cc2)nc2c(C)c(CO)ccc12. The summed E-state index contributed by atoms with van der Waals surface area (Å²) in [6.45, 7) is 4.37. The maximum atomic E-state index is 9.48. The predicted molar refractivity (Wildman–Crippen MR) is 95.2 cm³/mol. The molecule has 0 fully saturated rings. The van der Waals surface area contributed by atoms with Gasteiger partial charge in [0, 0.05) is 10.9 Å². The summed E-state index contributed by atoms with van der Waals surface area (Å²) in [6, 6.07) is 13.7. The highest BCUT2D eigenvalue weighted by Crippen LogP contribution is 2.28. The van der Waals surface area contributed by atoms with Crippen LogP contribution in [0.2, 0.25) is 0 Å². The van der Waals surface area contributed by atoms with Gasteiger partial charge in [-0.1, -0.05) is 12.1 Å². The molecule has 124 valence electrons. The fourth-order valence-corrected chi connectivity index (χ4v) is 2.84. The van der Waals surface area contributed by atoms with E-state index in [1.54, 1.807) is 0 Å². The smallest absolute Gasteiger partial charge is 0.119 e. The van der Waals surface area contributed by atoms with Crippen molar-refractivity contribution in [3.63, 3.8) is 0 Å². The van der Waals surface area contributed by atoms with Crippen LogP contribution in [0.1, 0.15) is 16.7 Å². The van der Waals surface area contributed by atoms with Gasteiger partial charge in [-0.05, 0) is 60.9 Å². The summed E-state index contributed by atoms with van der Waals surface area (Å²) in [5.74, 6) is 0.726. The Kier molecular flexibility index (Phi) is 4.79. The third kappa shape index (κ3) is 3.11. The standard InChI is InChI=1S/C20H21NO3/c1-13-11-19(15-3-6-17(7-4-15)24-10-9-22)21-20-14(2)16(12-23)5-8-18(13)20/h3-8,11,22-23H,9-10,12H2,1-2H3. The zero-order valence-corrected chi connectivity index (χ0v) is 13.9. The third-order valence-corrected chi connectivity index (χ3v) is 4.23. The molecular weight excluding hydrogens is 302 g/mol. The van der Waals surface area contributed by atoms with Crippen molar-refractivity contribution in [3.05, 3.63) is 59.2 Å². The number of benzene rings is 2. The van der Waals surface area contributed by atoms with Crippen molar-refractivity contribution in [2.24, 2.45) is 0 Å². The van der Waals surface area contributed by atoms with Crippen LogP contribution in [0.5, 0.6) is 5.75 Å². The van der Waals surface area contributed by atoms with Crippen molar-refractivity contribution < 1.29 is 14.9 Å². The van der Waals surface area contributed by atoms with E-state index in [1.165, 1.54) is 0 Å². The average Bonchev–Trinajstić information content (AvgIpc) is 2.61. The van der Waals surface area contributed by atoms with E-state index in [1.807, 2.05) is 43.3 Å². The molecule has 0 amide bonds. The molecule has 1 heterocycles. The lowest BCUT2D eigenvalue weighted by atomic mass is 9.99. The van der Waals surface area contributed by atoms with Gasteiger partial charge in [0.25, 0.3) is 0 Å². The van der Waals surface area contributed by atoms with Gasteiger partial charge in [0.2, 0.25) is 0 Å². The van der Waals surface area contributed by atoms with E-state index in [4.69, 9.17) is 14.8 Å². The molecule has 0 unspecified atom stereocenters. The highest BCUT2D eigenvalue weighted by Gasteiger charge is 2.10. The van der Waals surface area contributed by atoms with Crippen LogP contribution in [0.4, 0.5) is 0 Å².